The van der Waals surface area contributed by atoms with Crippen molar-refractivity contribution in [2.45, 2.75) is 31.8 Å². The third-order valence-electron chi connectivity index (χ3n) is 4.09. The first-order chi connectivity index (χ1) is 8.21. The molecule has 0 spiro atoms. The van der Waals surface area contributed by atoms with Gasteiger partial charge in [0.25, 0.3) is 0 Å². The van der Waals surface area contributed by atoms with Crippen molar-refractivity contribution in [1.82, 2.24) is 4.90 Å². The molecule has 1 fully saturated rings. The van der Waals surface area contributed by atoms with Crippen LogP contribution in [0.2, 0.25) is 0 Å². The third-order valence-corrected chi connectivity index (χ3v) is 4.09. The lowest BCUT2D eigenvalue weighted by molar-refractivity contribution is 0.00867. The highest BCUT2D eigenvalue weighted by molar-refractivity contribution is 6.00. The summed E-state index contributed by atoms with van der Waals surface area (Å²) in [6.45, 7) is 4.77. The summed E-state index contributed by atoms with van der Waals surface area (Å²) in [4.78, 5) is 2.25. The van der Waals surface area contributed by atoms with E-state index in [0.29, 0.717) is 5.84 Å². The molecule has 3 rings (SSSR count). The van der Waals surface area contributed by atoms with Crippen molar-refractivity contribution in [2.24, 2.45) is 0 Å². The number of fused-ring (bicyclic) bond motifs is 1. The summed E-state index contributed by atoms with van der Waals surface area (Å²) in [6.07, 6.45) is 2.03. The minimum Gasteiger partial charge on any atom is -0.381 e. The molecule has 1 N–H and O–H groups in total. The fourth-order valence-corrected chi connectivity index (χ4v) is 2.83. The predicted molar refractivity (Wildman–Crippen MR) is 67.3 cm³/mol. The zero-order valence-electron chi connectivity index (χ0n) is 10.2. The topological polar surface area (TPSA) is 36.3 Å². The molecule has 0 saturated carbocycles. The number of hydrogen-bond donors (Lipinski definition) is 1. The summed E-state index contributed by atoms with van der Waals surface area (Å²) < 4.78 is 5.44. The van der Waals surface area contributed by atoms with E-state index in [1.807, 2.05) is 6.07 Å². The Hall–Kier alpha value is -1.35. The molecule has 2 aliphatic heterocycles. The molecule has 0 amide bonds. The first kappa shape index (κ1) is 10.8. The first-order valence-corrected chi connectivity index (χ1v) is 6.23. The van der Waals surface area contributed by atoms with Crippen LogP contribution in [0.15, 0.2) is 24.3 Å². The van der Waals surface area contributed by atoms with Gasteiger partial charge in [-0.25, -0.2) is 0 Å². The summed E-state index contributed by atoms with van der Waals surface area (Å²) in [5.41, 5.74) is 2.47. The standard InChI is InChI=1S/C14H18N2O/c1-14(6-8-17-9-7-14)16-10-11-4-2-3-5-12(11)13(16)15/h2-5,15H,6-10H2,1H3. The highest BCUT2D eigenvalue weighted by Gasteiger charge is 2.39. The van der Waals surface area contributed by atoms with E-state index in [4.69, 9.17) is 10.1 Å². The Balaban J connectivity index is 1.90. The van der Waals surface area contributed by atoms with Crippen LogP contribution in [-0.2, 0) is 11.3 Å². The van der Waals surface area contributed by atoms with Crippen LogP contribution in [0.4, 0.5) is 0 Å². The Morgan fingerprint density at radius 1 is 1.24 bits per heavy atom. The highest BCUT2D eigenvalue weighted by atomic mass is 16.5. The van der Waals surface area contributed by atoms with Crippen molar-refractivity contribution in [3.8, 4) is 0 Å². The largest absolute Gasteiger partial charge is 0.381 e. The van der Waals surface area contributed by atoms with Crippen LogP contribution in [0.5, 0.6) is 0 Å². The van der Waals surface area contributed by atoms with Crippen LogP contribution < -0.4 is 0 Å². The fourth-order valence-electron chi connectivity index (χ4n) is 2.83. The average molecular weight is 230 g/mol. The minimum absolute atomic E-state index is 0.0916. The molecular formula is C14H18N2O. The van der Waals surface area contributed by atoms with Gasteiger partial charge in [-0.2, -0.15) is 0 Å². The van der Waals surface area contributed by atoms with Gasteiger partial charge in [0.2, 0.25) is 0 Å². The number of nitrogens with one attached hydrogen (secondary N) is 1. The van der Waals surface area contributed by atoms with Gasteiger partial charge in [0.15, 0.2) is 0 Å². The van der Waals surface area contributed by atoms with Gasteiger partial charge in [0.05, 0.1) is 0 Å². The number of rotatable bonds is 1. The maximum atomic E-state index is 8.33. The number of benzene rings is 1. The van der Waals surface area contributed by atoms with Crippen molar-refractivity contribution in [3.05, 3.63) is 35.4 Å². The van der Waals surface area contributed by atoms with Crippen LogP contribution in [0.1, 0.15) is 30.9 Å². The second kappa shape index (κ2) is 3.84. The molecule has 3 heteroatoms. The molecule has 1 aromatic carbocycles. The summed E-state index contributed by atoms with van der Waals surface area (Å²) in [5.74, 6) is 0.685. The van der Waals surface area contributed by atoms with Gasteiger partial charge in [-0.15, -0.1) is 0 Å². The molecule has 3 nitrogen and oxygen atoms in total. The predicted octanol–water partition coefficient (Wildman–Crippen LogP) is 2.40. The SMILES string of the molecule is CC1(N2Cc3ccccc3C2=N)CCOCC1. The molecule has 0 bridgehead atoms. The fraction of sp³-hybridized carbons (Fsp3) is 0.500. The van der Waals surface area contributed by atoms with Gasteiger partial charge in [0.1, 0.15) is 5.84 Å². The average Bonchev–Trinajstić information content (AvgIpc) is 2.69. The molecular weight excluding hydrogens is 212 g/mol. The number of ether oxygens (including phenoxy) is 1. The van der Waals surface area contributed by atoms with E-state index in [2.05, 4.69) is 30.0 Å². The summed E-state index contributed by atoms with van der Waals surface area (Å²) in [6, 6.07) is 8.26. The second-order valence-corrected chi connectivity index (χ2v) is 5.20. The first-order valence-electron chi connectivity index (χ1n) is 6.23. The van der Waals surface area contributed by atoms with Crippen LogP contribution in [0.3, 0.4) is 0 Å². The lowest BCUT2D eigenvalue weighted by Crippen LogP contribution is -2.50. The van der Waals surface area contributed by atoms with E-state index in [1.54, 1.807) is 0 Å². The molecule has 90 valence electrons. The highest BCUT2D eigenvalue weighted by Crippen LogP contribution is 2.34. The van der Waals surface area contributed by atoms with Crippen LogP contribution in [0.25, 0.3) is 0 Å². The maximum absolute atomic E-state index is 8.33. The van der Waals surface area contributed by atoms with E-state index in [0.717, 1.165) is 38.2 Å². The van der Waals surface area contributed by atoms with E-state index >= 15 is 0 Å². The van der Waals surface area contributed by atoms with Gasteiger partial charge in [0, 0.05) is 30.9 Å². The lowest BCUT2D eigenvalue weighted by Gasteiger charge is -2.42. The Kier molecular flexibility index (Phi) is 2.44. The van der Waals surface area contributed by atoms with Crippen molar-refractivity contribution in [1.29, 1.82) is 5.41 Å². The number of hydrogen-bond acceptors (Lipinski definition) is 2. The van der Waals surface area contributed by atoms with Crippen LogP contribution in [0, 0.1) is 5.41 Å². The molecule has 1 saturated heterocycles. The van der Waals surface area contributed by atoms with E-state index in [9.17, 15) is 0 Å². The minimum atomic E-state index is 0.0916. The second-order valence-electron chi connectivity index (χ2n) is 5.20. The molecule has 2 heterocycles. The zero-order chi connectivity index (χ0) is 11.9. The van der Waals surface area contributed by atoms with Crippen molar-refractivity contribution in [3.63, 3.8) is 0 Å². The van der Waals surface area contributed by atoms with Crippen molar-refractivity contribution < 1.29 is 4.74 Å². The Bertz CT molecular complexity index is 449. The summed E-state index contributed by atoms with van der Waals surface area (Å²) in [5, 5.41) is 8.33. The van der Waals surface area contributed by atoms with E-state index < -0.39 is 0 Å². The third kappa shape index (κ3) is 1.65. The normalized spacial score (nSPS) is 22.6. The molecule has 0 unspecified atom stereocenters. The van der Waals surface area contributed by atoms with Gasteiger partial charge < -0.3 is 9.64 Å². The van der Waals surface area contributed by atoms with E-state index in [-0.39, 0.29) is 5.54 Å². The molecule has 0 atom stereocenters. The zero-order valence-corrected chi connectivity index (χ0v) is 10.2. The quantitative estimate of drug-likeness (QED) is 0.804. The number of amidine groups is 1. The Morgan fingerprint density at radius 3 is 2.65 bits per heavy atom. The van der Waals surface area contributed by atoms with E-state index in [1.165, 1.54) is 5.56 Å². The Morgan fingerprint density at radius 2 is 1.94 bits per heavy atom. The molecule has 17 heavy (non-hydrogen) atoms. The van der Waals surface area contributed by atoms with Crippen LogP contribution >= 0.6 is 0 Å². The molecule has 0 radical (unpaired) electrons. The monoisotopic (exact) mass is 230 g/mol. The maximum Gasteiger partial charge on any atom is 0.129 e. The molecule has 0 aromatic heterocycles. The van der Waals surface area contributed by atoms with Gasteiger partial charge in [-0.1, -0.05) is 24.3 Å². The molecule has 0 aliphatic carbocycles. The van der Waals surface area contributed by atoms with Gasteiger partial charge in [-0.3, -0.25) is 5.41 Å². The molecule has 1 aromatic rings. The number of nitrogens with zero attached hydrogens (tertiary/aromatic N) is 1. The van der Waals surface area contributed by atoms with Gasteiger partial charge in [-0.05, 0) is 25.3 Å². The lowest BCUT2D eigenvalue weighted by atomic mass is 9.90. The van der Waals surface area contributed by atoms with Crippen molar-refractivity contribution >= 4 is 5.84 Å². The van der Waals surface area contributed by atoms with Crippen LogP contribution in [-0.4, -0.2) is 29.5 Å². The van der Waals surface area contributed by atoms with Gasteiger partial charge >= 0.3 is 0 Å². The molecule has 2 aliphatic rings. The smallest absolute Gasteiger partial charge is 0.129 e. The Labute approximate surface area is 102 Å². The van der Waals surface area contributed by atoms with Crippen molar-refractivity contribution in [2.75, 3.05) is 13.2 Å². The summed E-state index contributed by atoms with van der Waals surface area (Å²) >= 11 is 0. The summed E-state index contributed by atoms with van der Waals surface area (Å²) in [7, 11) is 0.